The number of rotatable bonds is 5. The summed E-state index contributed by atoms with van der Waals surface area (Å²) >= 11 is 0. The molecular formula is C20H32N4O3. The van der Waals surface area contributed by atoms with Crippen LogP contribution in [0.1, 0.15) is 72.1 Å². The van der Waals surface area contributed by atoms with Crippen molar-refractivity contribution in [2.75, 3.05) is 6.61 Å². The molecule has 0 aromatic carbocycles. The molecule has 0 atom stereocenters. The van der Waals surface area contributed by atoms with Gasteiger partial charge in [0, 0.05) is 23.0 Å². The van der Waals surface area contributed by atoms with Gasteiger partial charge >= 0.3 is 6.09 Å². The van der Waals surface area contributed by atoms with Crippen molar-refractivity contribution in [3.63, 3.8) is 0 Å². The predicted octanol–water partition coefficient (Wildman–Crippen LogP) is 4.81. The van der Waals surface area contributed by atoms with E-state index in [9.17, 15) is 4.79 Å². The van der Waals surface area contributed by atoms with Crippen molar-refractivity contribution in [2.24, 2.45) is 5.11 Å². The molecule has 1 amide bonds. The molecule has 0 aromatic heterocycles. The Bertz CT molecular complexity index is 573. The van der Waals surface area contributed by atoms with Gasteiger partial charge in [-0.15, -0.1) is 6.42 Å². The van der Waals surface area contributed by atoms with Crippen LogP contribution in [0.4, 0.5) is 4.79 Å². The summed E-state index contributed by atoms with van der Waals surface area (Å²) in [6.45, 7) is 6.03. The third kappa shape index (κ3) is 6.64. The van der Waals surface area contributed by atoms with Crippen LogP contribution in [0, 0.1) is 12.3 Å². The number of ether oxygens (including phenoxy) is 2. The van der Waals surface area contributed by atoms with Crippen molar-refractivity contribution in [3.05, 3.63) is 10.4 Å². The molecule has 7 heteroatoms. The van der Waals surface area contributed by atoms with Gasteiger partial charge in [-0.2, -0.15) is 0 Å². The summed E-state index contributed by atoms with van der Waals surface area (Å²) in [4.78, 5) is 17.9. The Hall–Kier alpha value is -1.90. The van der Waals surface area contributed by atoms with E-state index in [2.05, 4.69) is 15.9 Å². The van der Waals surface area contributed by atoms with Crippen LogP contribution in [0.25, 0.3) is 10.4 Å². The first-order chi connectivity index (χ1) is 12.8. The van der Waals surface area contributed by atoms with Gasteiger partial charge < -0.3 is 14.4 Å². The zero-order valence-electron chi connectivity index (χ0n) is 16.8. The lowest BCUT2D eigenvalue weighted by Crippen LogP contribution is -2.52. The summed E-state index contributed by atoms with van der Waals surface area (Å²) in [5.74, 6) is 2.52. The molecule has 0 saturated heterocycles. The normalized spacial score (nSPS) is 28.5. The van der Waals surface area contributed by atoms with E-state index in [1.807, 2.05) is 25.7 Å². The van der Waals surface area contributed by atoms with E-state index in [1.54, 1.807) is 0 Å². The van der Waals surface area contributed by atoms with E-state index in [1.165, 1.54) is 0 Å². The Morgan fingerprint density at radius 2 is 1.70 bits per heavy atom. The molecule has 2 aliphatic carbocycles. The number of terminal acetylenes is 1. The second-order valence-corrected chi connectivity index (χ2v) is 8.50. The third-order valence-electron chi connectivity index (χ3n) is 5.32. The minimum Gasteiger partial charge on any atom is -0.444 e. The Labute approximate surface area is 162 Å². The first-order valence-corrected chi connectivity index (χ1v) is 9.94. The zero-order valence-corrected chi connectivity index (χ0v) is 16.8. The number of carbonyl (C=O) groups excluding carboxylic acids is 1. The van der Waals surface area contributed by atoms with Gasteiger partial charge in [0.25, 0.3) is 0 Å². The average Bonchev–Trinajstić information content (AvgIpc) is 2.61. The largest absolute Gasteiger partial charge is 0.444 e. The fourth-order valence-corrected chi connectivity index (χ4v) is 4.09. The molecule has 0 bridgehead atoms. The van der Waals surface area contributed by atoms with Crippen LogP contribution >= 0.6 is 0 Å². The Kier molecular flexibility index (Phi) is 7.82. The summed E-state index contributed by atoms with van der Waals surface area (Å²) in [7, 11) is 0. The Morgan fingerprint density at radius 3 is 2.19 bits per heavy atom. The maximum atomic E-state index is 13.0. The summed E-state index contributed by atoms with van der Waals surface area (Å²) < 4.78 is 11.4. The molecule has 2 saturated carbocycles. The standard InChI is InChI=1S/C20H32N4O3/c1-5-14-26-18-12-10-17(11-13-18)24(19(25)27-20(2,3)4)16-8-6-15(7-9-16)22-23-21/h1,15-18H,6-14H2,2-4H3/t15?,16?,17-,18+. The second kappa shape index (κ2) is 9.87. The van der Waals surface area contributed by atoms with Gasteiger partial charge in [-0.25, -0.2) is 4.79 Å². The topological polar surface area (TPSA) is 87.5 Å². The number of amides is 1. The van der Waals surface area contributed by atoms with Gasteiger partial charge in [-0.1, -0.05) is 11.0 Å². The fraction of sp³-hybridized carbons (Fsp3) is 0.850. The van der Waals surface area contributed by atoms with Crippen LogP contribution in [-0.4, -0.2) is 47.4 Å². The highest BCUT2D eigenvalue weighted by atomic mass is 16.6. The van der Waals surface area contributed by atoms with E-state index in [0.717, 1.165) is 51.4 Å². The highest BCUT2D eigenvalue weighted by Crippen LogP contribution is 2.33. The highest BCUT2D eigenvalue weighted by Gasteiger charge is 2.37. The summed E-state index contributed by atoms with van der Waals surface area (Å²) in [5.41, 5.74) is 8.13. The van der Waals surface area contributed by atoms with Gasteiger partial charge in [0.1, 0.15) is 12.2 Å². The monoisotopic (exact) mass is 376 g/mol. The van der Waals surface area contributed by atoms with Crippen LogP contribution in [0.5, 0.6) is 0 Å². The van der Waals surface area contributed by atoms with Gasteiger partial charge in [0.15, 0.2) is 0 Å². The van der Waals surface area contributed by atoms with Crippen molar-refractivity contribution in [1.82, 2.24) is 4.90 Å². The van der Waals surface area contributed by atoms with Gasteiger partial charge in [-0.05, 0) is 77.7 Å². The molecule has 0 heterocycles. The molecule has 0 spiro atoms. The van der Waals surface area contributed by atoms with Crippen molar-refractivity contribution >= 4 is 6.09 Å². The molecule has 150 valence electrons. The fourth-order valence-electron chi connectivity index (χ4n) is 4.09. The third-order valence-corrected chi connectivity index (χ3v) is 5.32. The van der Waals surface area contributed by atoms with Gasteiger partial charge in [-0.3, -0.25) is 0 Å². The van der Waals surface area contributed by atoms with E-state index in [0.29, 0.717) is 6.61 Å². The van der Waals surface area contributed by atoms with Crippen molar-refractivity contribution in [3.8, 4) is 12.3 Å². The van der Waals surface area contributed by atoms with Crippen LogP contribution < -0.4 is 0 Å². The van der Waals surface area contributed by atoms with Gasteiger partial charge in [0.05, 0.1) is 6.10 Å². The maximum absolute atomic E-state index is 13.0. The number of hydrogen-bond acceptors (Lipinski definition) is 4. The minimum absolute atomic E-state index is 0.0413. The number of hydrogen-bond donors (Lipinski definition) is 0. The molecule has 0 unspecified atom stereocenters. The molecule has 2 fully saturated rings. The lowest BCUT2D eigenvalue weighted by molar-refractivity contribution is -0.0205. The van der Waals surface area contributed by atoms with E-state index in [-0.39, 0.29) is 30.3 Å². The summed E-state index contributed by atoms with van der Waals surface area (Å²) in [6.07, 6.45) is 12.1. The van der Waals surface area contributed by atoms with Crippen LogP contribution in [0.2, 0.25) is 0 Å². The molecule has 2 rings (SSSR count). The number of nitrogens with zero attached hydrogens (tertiary/aromatic N) is 4. The zero-order chi connectivity index (χ0) is 19.9. The highest BCUT2D eigenvalue weighted by molar-refractivity contribution is 5.69. The van der Waals surface area contributed by atoms with E-state index in [4.69, 9.17) is 21.4 Å². The number of azide groups is 1. The summed E-state index contributed by atoms with van der Waals surface area (Å²) in [6, 6.07) is 0.337. The van der Waals surface area contributed by atoms with Crippen LogP contribution in [0.3, 0.4) is 0 Å². The second-order valence-electron chi connectivity index (χ2n) is 8.50. The van der Waals surface area contributed by atoms with Crippen molar-refractivity contribution < 1.29 is 14.3 Å². The molecule has 0 radical (unpaired) electrons. The van der Waals surface area contributed by atoms with Crippen molar-refractivity contribution in [1.29, 1.82) is 0 Å². The average molecular weight is 377 g/mol. The maximum Gasteiger partial charge on any atom is 0.410 e. The molecule has 2 aliphatic rings. The quantitative estimate of drug-likeness (QED) is 0.299. The molecular weight excluding hydrogens is 344 g/mol. The van der Waals surface area contributed by atoms with Crippen LogP contribution in [0.15, 0.2) is 5.11 Å². The summed E-state index contributed by atoms with van der Waals surface area (Å²) in [5, 5.41) is 3.85. The molecule has 27 heavy (non-hydrogen) atoms. The molecule has 7 nitrogen and oxygen atoms in total. The SMILES string of the molecule is C#CCO[C@H]1CC[C@@H](N(C(=O)OC(C)(C)C)C2CCC(N=[N+]=[N-])CC2)CC1. The molecule has 0 N–H and O–H groups in total. The van der Waals surface area contributed by atoms with Crippen LogP contribution in [-0.2, 0) is 9.47 Å². The predicted molar refractivity (Wildman–Crippen MR) is 104 cm³/mol. The lowest BCUT2D eigenvalue weighted by atomic mass is 9.86. The Morgan fingerprint density at radius 1 is 1.15 bits per heavy atom. The minimum atomic E-state index is -0.523. The first kappa shape index (κ1) is 21.4. The Balaban J connectivity index is 2.04. The van der Waals surface area contributed by atoms with E-state index >= 15 is 0 Å². The van der Waals surface area contributed by atoms with Gasteiger partial charge in [0.2, 0.25) is 0 Å². The number of carbonyl (C=O) groups is 1. The smallest absolute Gasteiger partial charge is 0.410 e. The molecule has 0 aromatic rings. The molecule has 0 aliphatic heterocycles. The van der Waals surface area contributed by atoms with E-state index < -0.39 is 5.60 Å². The first-order valence-electron chi connectivity index (χ1n) is 9.94. The lowest BCUT2D eigenvalue weighted by Gasteiger charge is -2.43. The van der Waals surface area contributed by atoms with Crippen molar-refractivity contribution in [2.45, 2.75) is 102 Å².